The summed E-state index contributed by atoms with van der Waals surface area (Å²) in [7, 11) is 0. The predicted octanol–water partition coefficient (Wildman–Crippen LogP) is 3.89. The maximum absolute atomic E-state index is 13.0. The van der Waals surface area contributed by atoms with Gasteiger partial charge in [-0.25, -0.2) is 4.39 Å². The molecule has 0 aliphatic heterocycles. The number of carbonyl (C=O) groups is 2. The molecule has 4 nitrogen and oxygen atoms in total. The Morgan fingerprint density at radius 1 is 1.17 bits per heavy atom. The van der Waals surface area contributed by atoms with E-state index in [-0.39, 0.29) is 18.4 Å². The van der Waals surface area contributed by atoms with Gasteiger partial charge in [0, 0.05) is 17.1 Å². The van der Waals surface area contributed by atoms with E-state index in [1.165, 1.54) is 36.1 Å². The van der Waals surface area contributed by atoms with Crippen molar-refractivity contribution in [2.75, 3.05) is 16.8 Å². The van der Waals surface area contributed by atoms with Crippen LogP contribution in [-0.4, -0.2) is 18.4 Å². The van der Waals surface area contributed by atoms with Crippen LogP contribution in [0.25, 0.3) is 0 Å². The minimum Gasteiger partial charge on any atom is -0.324 e. The van der Waals surface area contributed by atoms with Crippen molar-refractivity contribution in [3.05, 3.63) is 58.3 Å². The molecule has 0 aliphatic carbocycles. The quantitative estimate of drug-likeness (QED) is 0.877. The van der Waals surface area contributed by atoms with Gasteiger partial charge in [0.1, 0.15) is 12.4 Å². The van der Waals surface area contributed by atoms with E-state index in [1.807, 2.05) is 19.1 Å². The van der Waals surface area contributed by atoms with E-state index < -0.39 is 5.82 Å². The number of carbonyl (C=O) groups excluding carboxylic acids is 2. The number of nitrogens with one attached hydrogen (secondary N) is 1. The fourth-order valence-corrected chi connectivity index (χ4v) is 2.65. The summed E-state index contributed by atoms with van der Waals surface area (Å²) >= 11 is 3.39. The number of hydrogen-bond acceptors (Lipinski definition) is 2. The molecule has 2 aromatic rings. The summed E-state index contributed by atoms with van der Waals surface area (Å²) in [5.41, 5.74) is 2.16. The topological polar surface area (TPSA) is 49.4 Å². The minimum atomic E-state index is -0.398. The Morgan fingerprint density at radius 3 is 2.39 bits per heavy atom. The van der Waals surface area contributed by atoms with Gasteiger partial charge in [0.05, 0.1) is 5.69 Å². The second-order valence-corrected chi connectivity index (χ2v) is 5.97. The van der Waals surface area contributed by atoms with Crippen LogP contribution in [0.2, 0.25) is 0 Å². The first kappa shape index (κ1) is 17.1. The Balaban J connectivity index is 2.12. The molecular weight excluding hydrogens is 363 g/mol. The van der Waals surface area contributed by atoms with E-state index in [2.05, 4.69) is 21.2 Å². The molecular formula is C17H16BrFN2O2. The fraction of sp³-hybridized carbons (Fsp3) is 0.176. The Hall–Kier alpha value is -2.21. The molecule has 6 heteroatoms. The van der Waals surface area contributed by atoms with Crippen LogP contribution in [0, 0.1) is 12.7 Å². The van der Waals surface area contributed by atoms with Crippen molar-refractivity contribution in [3.63, 3.8) is 0 Å². The predicted molar refractivity (Wildman–Crippen MR) is 91.9 cm³/mol. The average Bonchev–Trinajstić information content (AvgIpc) is 2.48. The fourth-order valence-electron chi connectivity index (χ4n) is 2.06. The van der Waals surface area contributed by atoms with Crippen molar-refractivity contribution in [1.29, 1.82) is 0 Å². The number of benzene rings is 2. The third kappa shape index (κ3) is 4.63. The number of amides is 2. The van der Waals surface area contributed by atoms with E-state index in [4.69, 9.17) is 0 Å². The number of rotatable bonds is 4. The highest BCUT2D eigenvalue weighted by Gasteiger charge is 2.16. The molecule has 2 aromatic carbocycles. The molecule has 0 spiro atoms. The van der Waals surface area contributed by atoms with Crippen molar-refractivity contribution in [2.45, 2.75) is 13.8 Å². The maximum atomic E-state index is 13.0. The second-order valence-electron chi connectivity index (χ2n) is 5.11. The van der Waals surface area contributed by atoms with E-state index in [1.54, 1.807) is 6.07 Å². The molecule has 2 rings (SSSR count). The van der Waals surface area contributed by atoms with Crippen LogP contribution in [0.5, 0.6) is 0 Å². The molecule has 0 atom stereocenters. The zero-order valence-electron chi connectivity index (χ0n) is 12.8. The number of aryl methyl sites for hydroxylation is 1. The molecule has 0 aromatic heterocycles. The molecule has 0 fully saturated rings. The Morgan fingerprint density at radius 2 is 1.83 bits per heavy atom. The molecule has 0 saturated heterocycles. The first-order valence-corrected chi connectivity index (χ1v) is 7.76. The number of halogens is 2. The van der Waals surface area contributed by atoms with E-state index in [9.17, 15) is 14.0 Å². The molecule has 120 valence electrons. The van der Waals surface area contributed by atoms with Gasteiger partial charge in [0.15, 0.2) is 0 Å². The maximum Gasteiger partial charge on any atom is 0.244 e. The van der Waals surface area contributed by atoms with Gasteiger partial charge in [-0.3, -0.25) is 9.59 Å². The normalized spacial score (nSPS) is 10.3. The summed E-state index contributed by atoms with van der Waals surface area (Å²) in [6.07, 6.45) is 0. The standard InChI is InChI=1S/C17H16BrFN2O2/c1-11-3-8-16(15(18)9-11)20-17(23)10-21(12(2)22)14-6-4-13(19)5-7-14/h3-9H,10H2,1-2H3,(H,20,23). The van der Waals surface area contributed by atoms with E-state index in [0.717, 1.165) is 10.0 Å². The van der Waals surface area contributed by atoms with Crippen LogP contribution in [0.4, 0.5) is 15.8 Å². The molecule has 0 unspecified atom stereocenters. The summed E-state index contributed by atoms with van der Waals surface area (Å²) in [6, 6.07) is 11.0. The minimum absolute atomic E-state index is 0.152. The molecule has 23 heavy (non-hydrogen) atoms. The molecule has 0 aliphatic rings. The first-order valence-electron chi connectivity index (χ1n) is 6.96. The Labute approximate surface area is 142 Å². The van der Waals surface area contributed by atoms with Crippen LogP contribution in [0.1, 0.15) is 12.5 Å². The van der Waals surface area contributed by atoms with Gasteiger partial charge in [-0.1, -0.05) is 6.07 Å². The lowest BCUT2D eigenvalue weighted by atomic mass is 10.2. The summed E-state index contributed by atoms with van der Waals surface area (Å²) in [5, 5.41) is 2.75. The summed E-state index contributed by atoms with van der Waals surface area (Å²) in [5.74, 6) is -1.03. The second kappa shape index (κ2) is 7.37. The third-order valence-electron chi connectivity index (χ3n) is 3.22. The van der Waals surface area contributed by atoms with Crippen molar-refractivity contribution in [2.24, 2.45) is 0 Å². The lowest BCUT2D eigenvalue weighted by Gasteiger charge is -2.21. The summed E-state index contributed by atoms with van der Waals surface area (Å²) < 4.78 is 13.8. The number of nitrogens with zero attached hydrogens (tertiary/aromatic N) is 1. The molecule has 2 amide bonds. The molecule has 1 N–H and O–H groups in total. The van der Waals surface area contributed by atoms with Gasteiger partial charge in [-0.15, -0.1) is 0 Å². The lowest BCUT2D eigenvalue weighted by molar-refractivity contribution is -0.120. The highest BCUT2D eigenvalue weighted by atomic mass is 79.9. The highest BCUT2D eigenvalue weighted by Crippen LogP contribution is 2.23. The van der Waals surface area contributed by atoms with Gasteiger partial charge >= 0.3 is 0 Å². The van der Waals surface area contributed by atoms with Crippen LogP contribution in [0.3, 0.4) is 0 Å². The summed E-state index contributed by atoms with van der Waals surface area (Å²) in [4.78, 5) is 25.3. The monoisotopic (exact) mass is 378 g/mol. The zero-order chi connectivity index (χ0) is 17.0. The van der Waals surface area contributed by atoms with Gasteiger partial charge in [-0.2, -0.15) is 0 Å². The highest BCUT2D eigenvalue weighted by molar-refractivity contribution is 9.10. The van der Waals surface area contributed by atoms with E-state index >= 15 is 0 Å². The average molecular weight is 379 g/mol. The largest absolute Gasteiger partial charge is 0.324 e. The SMILES string of the molecule is CC(=O)N(CC(=O)Nc1ccc(C)cc1Br)c1ccc(F)cc1. The van der Waals surface area contributed by atoms with Crippen molar-refractivity contribution >= 4 is 39.1 Å². The molecule has 0 radical (unpaired) electrons. The Kier molecular flexibility index (Phi) is 5.50. The van der Waals surface area contributed by atoms with Crippen LogP contribution < -0.4 is 10.2 Å². The van der Waals surface area contributed by atoms with Gasteiger partial charge < -0.3 is 10.2 Å². The van der Waals surface area contributed by atoms with Crippen molar-refractivity contribution in [1.82, 2.24) is 0 Å². The van der Waals surface area contributed by atoms with Crippen LogP contribution in [0.15, 0.2) is 46.9 Å². The van der Waals surface area contributed by atoms with Gasteiger partial charge in [0.25, 0.3) is 0 Å². The number of anilines is 2. The van der Waals surface area contributed by atoms with Gasteiger partial charge in [-0.05, 0) is 64.8 Å². The van der Waals surface area contributed by atoms with Crippen molar-refractivity contribution < 1.29 is 14.0 Å². The van der Waals surface area contributed by atoms with Crippen LogP contribution >= 0.6 is 15.9 Å². The molecule has 0 heterocycles. The van der Waals surface area contributed by atoms with Crippen LogP contribution in [-0.2, 0) is 9.59 Å². The summed E-state index contributed by atoms with van der Waals surface area (Å²) in [6.45, 7) is 3.15. The number of hydrogen-bond donors (Lipinski definition) is 1. The first-order chi connectivity index (χ1) is 10.9. The van der Waals surface area contributed by atoms with E-state index in [0.29, 0.717) is 11.4 Å². The van der Waals surface area contributed by atoms with Crippen molar-refractivity contribution in [3.8, 4) is 0 Å². The lowest BCUT2D eigenvalue weighted by Crippen LogP contribution is -2.36. The third-order valence-corrected chi connectivity index (χ3v) is 3.87. The smallest absolute Gasteiger partial charge is 0.244 e. The Bertz CT molecular complexity index is 732. The molecule has 0 bridgehead atoms. The van der Waals surface area contributed by atoms with Gasteiger partial charge in [0.2, 0.25) is 11.8 Å². The molecule has 0 saturated carbocycles. The zero-order valence-corrected chi connectivity index (χ0v) is 14.4.